The lowest BCUT2D eigenvalue weighted by molar-refractivity contribution is -0.166. The molecule has 0 aliphatic heterocycles. The average molecular weight is 929 g/mol. The Morgan fingerprint density at radius 2 is 0.657 bits per heavy atom. The van der Waals surface area contributed by atoms with E-state index in [4.69, 9.17) is 14.2 Å². The van der Waals surface area contributed by atoms with Crippen LogP contribution in [0.5, 0.6) is 0 Å². The molecule has 0 aromatic carbocycles. The number of carbonyl (C=O) groups excluding carboxylic acids is 3. The van der Waals surface area contributed by atoms with Crippen LogP contribution in [0.3, 0.4) is 0 Å². The lowest BCUT2D eigenvalue weighted by atomic mass is 10.1. The lowest BCUT2D eigenvalue weighted by Crippen LogP contribution is -2.30. The second-order valence-electron chi connectivity index (χ2n) is 17.8. The van der Waals surface area contributed by atoms with Crippen molar-refractivity contribution in [2.75, 3.05) is 13.2 Å². The summed E-state index contributed by atoms with van der Waals surface area (Å²) in [4.78, 5) is 38.0. The summed E-state index contributed by atoms with van der Waals surface area (Å²) >= 11 is 0. The minimum Gasteiger partial charge on any atom is -0.462 e. The molecule has 67 heavy (non-hydrogen) atoms. The summed E-state index contributed by atoms with van der Waals surface area (Å²) in [6, 6.07) is 0. The first-order valence-electron chi connectivity index (χ1n) is 27.4. The number of hydrogen-bond acceptors (Lipinski definition) is 6. The molecule has 0 heterocycles. The van der Waals surface area contributed by atoms with Crippen molar-refractivity contribution in [2.45, 2.75) is 245 Å². The van der Waals surface area contributed by atoms with Crippen LogP contribution in [0.4, 0.5) is 0 Å². The predicted octanol–water partition coefficient (Wildman–Crippen LogP) is 18.3. The molecule has 0 N–H and O–H groups in total. The van der Waals surface area contributed by atoms with Crippen molar-refractivity contribution in [3.63, 3.8) is 0 Å². The molecule has 0 fully saturated rings. The Balaban J connectivity index is 4.47. The molecule has 0 saturated carbocycles. The van der Waals surface area contributed by atoms with Crippen molar-refractivity contribution in [3.05, 3.63) is 109 Å². The Hall–Kier alpha value is -3.93. The smallest absolute Gasteiger partial charge is 0.310 e. The van der Waals surface area contributed by atoms with Crippen molar-refractivity contribution in [1.29, 1.82) is 0 Å². The molecule has 0 aliphatic rings. The maximum Gasteiger partial charge on any atom is 0.310 e. The third-order valence-corrected chi connectivity index (χ3v) is 11.2. The van der Waals surface area contributed by atoms with E-state index in [-0.39, 0.29) is 31.6 Å². The molecule has 0 aromatic heterocycles. The third kappa shape index (κ3) is 52.9. The molecule has 0 amide bonds. The number of carbonyl (C=O) groups is 3. The van der Waals surface area contributed by atoms with Gasteiger partial charge in [-0.2, -0.15) is 0 Å². The summed E-state index contributed by atoms with van der Waals surface area (Å²) in [6.45, 7) is 6.34. The number of hydrogen-bond donors (Lipinski definition) is 0. The summed E-state index contributed by atoms with van der Waals surface area (Å²) in [6.07, 6.45) is 73.9. The molecule has 0 rings (SSSR count). The van der Waals surface area contributed by atoms with Crippen molar-refractivity contribution in [3.8, 4) is 0 Å². The van der Waals surface area contributed by atoms with Crippen LogP contribution in [0, 0.1) is 0 Å². The van der Waals surface area contributed by atoms with E-state index in [2.05, 4.69) is 118 Å². The molecular weight excluding hydrogens is 829 g/mol. The van der Waals surface area contributed by atoms with Gasteiger partial charge in [0.25, 0.3) is 0 Å². The Kier molecular flexibility index (Phi) is 51.5. The Labute approximate surface area is 412 Å². The highest BCUT2D eigenvalue weighted by Gasteiger charge is 2.19. The lowest BCUT2D eigenvalue weighted by Gasteiger charge is -2.18. The number of rotatable bonds is 48. The van der Waals surface area contributed by atoms with Gasteiger partial charge in [-0.15, -0.1) is 0 Å². The van der Waals surface area contributed by atoms with Crippen LogP contribution in [0.15, 0.2) is 109 Å². The van der Waals surface area contributed by atoms with Gasteiger partial charge >= 0.3 is 17.9 Å². The van der Waals surface area contributed by atoms with Crippen LogP contribution in [0.2, 0.25) is 0 Å². The van der Waals surface area contributed by atoms with E-state index < -0.39 is 12.1 Å². The molecule has 1 atom stereocenters. The highest BCUT2D eigenvalue weighted by Crippen LogP contribution is 2.14. The molecule has 0 bridgehead atoms. The fraction of sp³-hybridized carbons (Fsp3) is 0.656. The van der Waals surface area contributed by atoms with Gasteiger partial charge in [0.1, 0.15) is 13.2 Å². The Morgan fingerprint density at radius 1 is 0.328 bits per heavy atom. The summed E-state index contributed by atoms with van der Waals surface area (Å²) in [7, 11) is 0. The fourth-order valence-corrected chi connectivity index (χ4v) is 7.17. The normalized spacial score (nSPS) is 12.9. The van der Waals surface area contributed by atoms with Gasteiger partial charge in [-0.25, -0.2) is 0 Å². The number of allylic oxidation sites excluding steroid dienone is 17. The zero-order chi connectivity index (χ0) is 48.6. The summed E-state index contributed by atoms with van der Waals surface area (Å²) in [5, 5.41) is 0. The number of esters is 3. The highest BCUT2D eigenvalue weighted by atomic mass is 16.6. The van der Waals surface area contributed by atoms with Gasteiger partial charge in [-0.3, -0.25) is 14.4 Å². The summed E-state index contributed by atoms with van der Waals surface area (Å²) in [5.74, 6) is -1.08. The standard InChI is InChI=1S/C61H100O6/c1-4-7-10-13-16-19-22-25-27-28-29-30-31-32-34-36-39-42-45-48-51-54-60(63)66-57-58(56-65-59(62)53-50-47-44-41-38-35-24-21-18-15-12-9-6-3)67-61(64)55-52-49-46-43-40-37-33-26-23-20-17-14-11-8-5-2/h8,11-12,15,17,20-22,24-26,28-29,33,40,43,49,52,58H,4-7,9-10,13-14,16,18-19,23,27,30-32,34-39,41-42,44-48,50-51,53-57H2,1-3H3/b11-8-,15-12-,20-17-,24-21-,25-22-,29-28-,33-26-,43-40-,52-49-. The second kappa shape index (κ2) is 54.7. The topological polar surface area (TPSA) is 78.9 Å². The molecule has 380 valence electrons. The zero-order valence-corrected chi connectivity index (χ0v) is 43.4. The molecular formula is C61H100O6. The van der Waals surface area contributed by atoms with Crippen molar-refractivity contribution in [1.82, 2.24) is 0 Å². The monoisotopic (exact) mass is 929 g/mol. The van der Waals surface area contributed by atoms with Crippen molar-refractivity contribution < 1.29 is 28.6 Å². The second-order valence-corrected chi connectivity index (χ2v) is 17.8. The van der Waals surface area contributed by atoms with E-state index in [0.29, 0.717) is 19.3 Å². The molecule has 6 nitrogen and oxygen atoms in total. The fourth-order valence-electron chi connectivity index (χ4n) is 7.17. The van der Waals surface area contributed by atoms with E-state index in [9.17, 15) is 14.4 Å². The summed E-state index contributed by atoms with van der Waals surface area (Å²) < 4.78 is 16.7. The van der Waals surface area contributed by atoms with E-state index >= 15 is 0 Å². The molecule has 0 spiro atoms. The van der Waals surface area contributed by atoms with Crippen molar-refractivity contribution >= 4 is 17.9 Å². The van der Waals surface area contributed by atoms with Crippen molar-refractivity contribution in [2.24, 2.45) is 0 Å². The first-order valence-corrected chi connectivity index (χ1v) is 27.4. The van der Waals surface area contributed by atoms with E-state index in [1.165, 1.54) is 89.9 Å². The Morgan fingerprint density at radius 3 is 1.04 bits per heavy atom. The predicted molar refractivity (Wildman–Crippen MR) is 288 cm³/mol. The van der Waals surface area contributed by atoms with Crippen LogP contribution in [-0.2, 0) is 28.6 Å². The molecule has 0 aliphatic carbocycles. The van der Waals surface area contributed by atoms with E-state index in [0.717, 1.165) is 103 Å². The van der Waals surface area contributed by atoms with E-state index in [1.54, 1.807) is 6.08 Å². The minimum absolute atomic E-state index is 0.0898. The number of unbranched alkanes of at least 4 members (excludes halogenated alkanes) is 20. The van der Waals surface area contributed by atoms with Gasteiger partial charge in [0.2, 0.25) is 0 Å². The van der Waals surface area contributed by atoms with Gasteiger partial charge in [0, 0.05) is 12.8 Å². The quantitative estimate of drug-likeness (QED) is 0.0262. The van der Waals surface area contributed by atoms with Gasteiger partial charge in [0.15, 0.2) is 6.10 Å². The number of ether oxygens (including phenoxy) is 3. The summed E-state index contributed by atoms with van der Waals surface area (Å²) in [5.41, 5.74) is 0. The van der Waals surface area contributed by atoms with Gasteiger partial charge < -0.3 is 14.2 Å². The first kappa shape index (κ1) is 63.1. The highest BCUT2D eigenvalue weighted by molar-refractivity contribution is 5.72. The largest absolute Gasteiger partial charge is 0.462 e. The van der Waals surface area contributed by atoms with Crippen LogP contribution >= 0.6 is 0 Å². The minimum atomic E-state index is -0.841. The van der Waals surface area contributed by atoms with Gasteiger partial charge in [-0.1, -0.05) is 226 Å². The van der Waals surface area contributed by atoms with Crippen LogP contribution in [0.25, 0.3) is 0 Å². The van der Waals surface area contributed by atoms with Gasteiger partial charge in [-0.05, 0) is 103 Å². The van der Waals surface area contributed by atoms with Crippen LogP contribution in [0.1, 0.15) is 239 Å². The van der Waals surface area contributed by atoms with Crippen LogP contribution in [-0.4, -0.2) is 37.2 Å². The molecule has 0 aromatic rings. The zero-order valence-electron chi connectivity index (χ0n) is 43.4. The molecule has 6 heteroatoms. The van der Waals surface area contributed by atoms with Gasteiger partial charge in [0.05, 0.1) is 6.42 Å². The molecule has 0 saturated heterocycles. The first-order chi connectivity index (χ1) is 33.0. The SMILES string of the molecule is CC/C=C\C/C=C\C/C=C\C/C=C\C/C=C\CC(=O)OC(COC(=O)CCCCCCC/C=C\C/C=C\CCC)COC(=O)CCCCCCCCCCC/C=C\C/C=C\CCCCCCC. The molecule has 0 radical (unpaired) electrons. The average Bonchev–Trinajstić information content (AvgIpc) is 3.33. The third-order valence-electron chi connectivity index (χ3n) is 11.2. The van der Waals surface area contributed by atoms with Crippen LogP contribution < -0.4 is 0 Å². The maximum absolute atomic E-state index is 12.8. The molecule has 1 unspecified atom stereocenters. The maximum atomic E-state index is 12.8. The van der Waals surface area contributed by atoms with E-state index in [1.807, 2.05) is 6.08 Å². The Bertz CT molecular complexity index is 1390.